The highest BCUT2D eigenvalue weighted by Crippen LogP contribution is 1.98. The van der Waals surface area contributed by atoms with Crippen LogP contribution < -0.4 is 10.6 Å². The van der Waals surface area contributed by atoms with Crippen LogP contribution in [0.3, 0.4) is 0 Å². The number of imide groups is 1. The summed E-state index contributed by atoms with van der Waals surface area (Å²) in [6, 6.07) is 8.26. The van der Waals surface area contributed by atoms with Crippen molar-refractivity contribution < 1.29 is 9.59 Å². The molecule has 3 amide bonds. The van der Waals surface area contributed by atoms with Gasteiger partial charge in [-0.3, -0.25) is 10.1 Å². The lowest BCUT2D eigenvalue weighted by Crippen LogP contribution is -2.39. The zero-order valence-electron chi connectivity index (χ0n) is 10.7. The summed E-state index contributed by atoms with van der Waals surface area (Å²) < 4.78 is 0. The highest BCUT2D eigenvalue weighted by Gasteiger charge is 2.08. The van der Waals surface area contributed by atoms with Gasteiger partial charge in [-0.2, -0.15) is 0 Å². The van der Waals surface area contributed by atoms with E-state index < -0.39 is 6.03 Å². The van der Waals surface area contributed by atoms with Gasteiger partial charge in [-0.15, -0.1) is 0 Å². The van der Waals surface area contributed by atoms with E-state index in [4.69, 9.17) is 0 Å². The van der Waals surface area contributed by atoms with Gasteiger partial charge in [0.05, 0.1) is 0 Å². The summed E-state index contributed by atoms with van der Waals surface area (Å²) in [5.74, 6) is -0.373. The van der Waals surface area contributed by atoms with E-state index in [9.17, 15) is 9.59 Å². The van der Waals surface area contributed by atoms with Gasteiger partial charge in [-0.1, -0.05) is 44.4 Å². The van der Waals surface area contributed by atoms with E-state index in [0.29, 0.717) is 12.1 Å². The van der Waals surface area contributed by atoms with Crippen LogP contribution in [0.2, 0.25) is 0 Å². The Bertz CT molecular complexity index is 377. The van der Waals surface area contributed by atoms with Crippen LogP contribution in [0.4, 0.5) is 4.79 Å². The van der Waals surface area contributed by atoms with Crippen molar-refractivity contribution in [2.24, 2.45) is 0 Å². The highest BCUT2D eigenvalue weighted by atomic mass is 16.2. The number of hydrogen-bond donors (Lipinski definition) is 2. The monoisotopic (exact) mass is 248 g/mol. The number of nitrogens with one attached hydrogen (secondary N) is 2. The second-order valence-electron chi connectivity index (χ2n) is 4.14. The molecule has 2 N–H and O–H groups in total. The molecule has 0 fully saturated rings. The van der Waals surface area contributed by atoms with E-state index in [1.807, 2.05) is 6.07 Å². The summed E-state index contributed by atoms with van der Waals surface area (Å²) in [4.78, 5) is 23.0. The zero-order chi connectivity index (χ0) is 13.2. The largest absolute Gasteiger partial charge is 0.338 e. The van der Waals surface area contributed by atoms with Crippen molar-refractivity contribution in [3.8, 4) is 0 Å². The summed E-state index contributed by atoms with van der Waals surface area (Å²) in [7, 11) is 0. The van der Waals surface area contributed by atoms with Crippen LogP contribution in [0, 0.1) is 0 Å². The van der Waals surface area contributed by atoms with Gasteiger partial charge >= 0.3 is 6.03 Å². The Labute approximate surface area is 108 Å². The van der Waals surface area contributed by atoms with Crippen molar-refractivity contribution in [1.82, 2.24) is 10.6 Å². The summed E-state index contributed by atoms with van der Waals surface area (Å²) in [5.41, 5.74) is 0.485. The van der Waals surface area contributed by atoms with E-state index in [1.54, 1.807) is 24.3 Å². The molecule has 0 radical (unpaired) electrons. The first-order valence-corrected chi connectivity index (χ1v) is 6.38. The topological polar surface area (TPSA) is 58.2 Å². The molecule has 0 bridgehead atoms. The fourth-order valence-corrected chi connectivity index (χ4v) is 1.56. The van der Waals surface area contributed by atoms with Crippen molar-refractivity contribution in [1.29, 1.82) is 0 Å². The van der Waals surface area contributed by atoms with Gasteiger partial charge in [0, 0.05) is 12.1 Å². The van der Waals surface area contributed by atoms with Crippen LogP contribution in [0.5, 0.6) is 0 Å². The van der Waals surface area contributed by atoms with Gasteiger partial charge in [0.2, 0.25) is 0 Å². The highest BCUT2D eigenvalue weighted by molar-refractivity contribution is 6.04. The SMILES string of the molecule is CCCCCCNC(=O)NC(=O)c1ccccc1. The Morgan fingerprint density at radius 1 is 1.06 bits per heavy atom. The van der Waals surface area contributed by atoms with E-state index in [-0.39, 0.29) is 5.91 Å². The normalized spacial score (nSPS) is 9.83. The van der Waals surface area contributed by atoms with E-state index >= 15 is 0 Å². The molecule has 1 aromatic carbocycles. The quantitative estimate of drug-likeness (QED) is 0.760. The number of hydrogen-bond acceptors (Lipinski definition) is 2. The minimum Gasteiger partial charge on any atom is -0.338 e. The Balaban J connectivity index is 2.22. The average Bonchev–Trinajstić information content (AvgIpc) is 2.39. The standard InChI is InChI=1S/C14H20N2O2/c1-2-3-4-8-11-15-14(18)16-13(17)12-9-6-5-7-10-12/h5-7,9-10H,2-4,8,11H2,1H3,(H2,15,16,17,18). The molecule has 0 saturated heterocycles. The van der Waals surface area contributed by atoms with Crippen molar-refractivity contribution in [2.45, 2.75) is 32.6 Å². The molecule has 1 rings (SSSR count). The number of rotatable bonds is 6. The molecule has 0 aliphatic rings. The van der Waals surface area contributed by atoms with Gasteiger partial charge in [0.25, 0.3) is 5.91 Å². The number of carbonyl (C=O) groups excluding carboxylic acids is 2. The van der Waals surface area contributed by atoms with Crippen LogP contribution in [0.1, 0.15) is 43.0 Å². The average molecular weight is 248 g/mol. The fraction of sp³-hybridized carbons (Fsp3) is 0.429. The molecular weight excluding hydrogens is 228 g/mol. The summed E-state index contributed by atoms with van der Waals surface area (Å²) in [6.45, 7) is 2.74. The maximum absolute atomic E-state index is 11.6. The lowest BCUT2D eigenvalue weighted by molar-refractivity contribution is 0.0964. The number of carbonyl (C=O) groups is 2. The van der Waals surface area contributed by atoms with Crippen molar-refractivity contribution in [2.75, 3.05) is 6.54 Å². The lowest BCUT2D eigenvalue weighted by atomic mass is 10.2. The van der Waals surface area contributed by atoms with Crippen molar-refractivity contribution in [3.05, 3.63) is 35.9 Å². The minimum absolute atomic E-state index is 0.373. The van der Waals surface area contributed by atoms with Crippen LogP contribution in [0.25, 0.3) is 0 Å². The first-order chi connectivity index (χ1) is 8.74. The first-order valence-electron chi connectivity index (χ1n) is 6.38. The van der Waals surface area contributed by atoms with Crippen LogP contribution >= 0.6 is 0 Å². The molecule has 0 atom stereocenters. The number of benzene rings is 1. The van der Waals surface area contributed by atoms with Crippen LogP contribution in [0.15, 0.2) is 30.3 Å². The number of unbranched alkanes of at least 4 members (excludes halogenated alkanes) is 3. The molecule has 0 saturated carbocycles. The molecule has 0 aromatic heterocycles. The van der Waals surface area contributed by atoms with Crippen molar-refractivity contribution in [3.63, 3.8) is 0 Å². The van der Waals surface area contributed by atoms with Gasteiger partial charge in [0.1, 0.15) is 0 Å². The minimum atomic E-state index is -0.430. The fourth-order valence-electron chi connectivity index (χ4n) is 1.56. The molecule has 1 aromatic rings. The Hall–Kier alpha value is -1.84. The molecule has 0 aliphatic heterocycles. The van der Waals surface area contributed by atoms with Gasteiger partial charge < -0.3 is 5.32 Å². The number of amides is 3. The van der Waals surface area contributed by atoms with E-state index in [2.05, 4.69) is 17.6 Å². The first kappa shape index (κ1) is 14.2. The third-order valence-corrected chi connectivity index (χ3v) is 2.58. The van der Waals surface area contributed by atoms with Gasteiger partial charge in [-0.05, 0) is 18.6 Å². The molecule has 4 nitrogen and oxygen atoms in total. The Kier molecular flexibility index (Phi) is 6.54. The molecule has 98 valence electrons. The molecule has 18 heavy (non-hydrogen) atoms. The van der Waals surface area contributed by atoms with Crippen LogP contribution in [-0.4, -0.2) is 18.5 Å². The number of urea groups is 1. The predicted octanol–water partition coefficient (Wildman–Crippen LogP) is 2.71. The van der Waals surface area contributed by atoms with Gasteiger partial charge in [-0.25, -0.2) is 4.79 Å². The second kappa shape index (κ2) is 8.28. The zero-order valence-corrected chi connectivity index (χ0v) is 10.7. The molecular formula is C14H20N2O2. The van der Waals surface area contributed by atoms with E-state index in [0.717, 1.165) is 12.8 Å². The third kappa shape index (κ3) is 5.48. The smallest absolute Gasteiger partial charge is 0.321 e. The third-order valence-electron chi connectivity index (χ3n) is 2.58. The van der Waals surface area contributed by atoms with Crippen LogP contribution in [-0.2, 0) is 0 Å². The maximum Gasteiger partial charge on any atom is 0.321 e. The van der Waals surface area contributed by atoms with Gasteiger partial charge in [0.15, 0.2) is 0 Å². The maximum atomic E-state index is 11.6. The summed E-state index contributed by atoms with van der Waals surface area (Å²) in [6.07, 6.45) is 4.38. The second-order valence-corrected chi connectivity index (χ2v) is 4.14. The Morgan fingerprint density at radius 3 is 2.44 bits per heavy atom. The molecule has 4 heteroatoms. The summed E-state index contributed by atoms with van der Waals surface area (Å²) >= 11 is 0. The van der Waals surface area contributed by atoms with Crippen molar-refractivity contribution >= 4 is 11.9 Å². The Morgan fingerprint density at radius 2 is 1.78 bits per heavy atom. The molecule has 0 unspecified atom stereocenters. The molecule has 0 heterocycles. The molecule has 0 aliphatic carbocycles. The predicted molar refractivity (Wildman–Crippen MR) is 71.4 cm³/mol. The lowest BCUT2D eigenvalue weighted by Gasteiger charge is -2.06. The summed E-state index contributed by atoms with van der Waals surface area (Å²) in [5, 5.41) is 4.97. The van der Waals surface area contributed by atoms with E-state index in [1.165, 1.54) is 12.8 Å². The molecule has 0 spiro atoms.